The van der Waals surface area contributed by atoms with Crippen molar-refractivity contribution in [3.8, 4) is 11.1 Å². The Balaban J connectivity index is 1.50. The predicted molar refractivity (Wildman–Crippen MR) is 126 cm³/mol. The third-order valence-electron chi connectivity index (χ3n) is 4.95. The normalized spacial score (nSPS) is 11.0. The maximum Gasteiger partial charge on any atom is 0.260 e. The third-order valence-corrected chi connectivity index (χ3v) is 6.22. The molecule has 0 fully saturated rings. The van der Waals surface area contributed by atoms with Crippen molar-refractivity contribution < 1.29 is 9.21 Å². The van der Waals surface area contributed by atoms with E-state index >= 15 is 0 Å². The number of hydrogen-bond acceptors (Lipinski definition) is 4. The Hall–Kier alpha value is -3.41. The van der Waals surface area contributed by atoms with E-state index in [1.807, 2.05) is 78.9 Å². The lowest BCUT2D eigenvalue weighted by molar-refractivity contribution is 0.0983. The summed E-state index contributed by atoms with van der Waals surface area (Å²) < 4.78 is 6.43. The van der Waals surface area contributed by atoms with Crippen LogP contribution in [0.15, 0.2) is 95.6 Å². The van der Waals surface area contributed by atoms with Crippen LogP contribution in [0.4, 0.5) is 5.13 Å². The number of fused-ring (bicyclic) bond motifs is 1. The first kappa shape index (κ1) is 19.5. The van der Waals surface area contributed by atoms with Crippen LogP contribution in [-0.2, 0) is 6.54 Å². The molecule has 0 unspecified atom stereocenters. The number of benzene rings is 3. The molecule has 1 amide bonds. The molecular weight excluding hydrogens is 428 g/mol. The Morgan fingerprint density at radius 1 is 0.935 bits per heavy atom. The Bertz CT molecular complexity index is 1330. The number of carbonyl (C=O) groups excluding carboxylic acids is 1. The number of nitrogens with zero attached hydrogens (tertiary/aromatic N) is 2. The Morgan fingerprint density at radius 3 is 2.45 bits per heavy atom. The summed E-state index contributed by atoms with van der Waals surface area (Å²) in [6, 6.07) is 26.9. The number of carbonyl (C=O) groups is 1. The van der Waals surface area contributed by atoms with Gasteiger partial charge in [-0.25, -0.2) is 4.98 Å². The molecule has 0 aliphatic rings. The maximum absolute atomic E-state index is 13.5. The molecule has 4 nitrogen and oxygen atoms in total. The monoisotopic (exact) mass is 444 g/mol. The highest BCUT2D eigenvalue weighted by atomic mass is 35.5. The summed E-state index contributed by atoms with van der Waals surface area (Å²) >= 11 is 7.56. The van der Waals surface area contributed by atoms with Crippen LogP contribution >= 0.6 is 22.9 Å². The molecule has 0 saturated carbocycles. The molecule has 2 aromatic heterocycles. The van der Waals surface area contributed by atoms with Gasteiger partial charge in [0.25, 0.3) is 5.91 Å². The molecule has 0 bridgehead atoms. The van der Waals surface area contributed by atoms with Gasteiger partial charge in [0.2, 0.25) is 0 Å². The van der Waals surface area contributed by atoms with Gasteiger partial charge in [0.1, 0.15) is 5.76 Å². The van der Waals surface area contributed by atoms with Crippen LogP contribution in [-0.4, -0.2) is 10.9 Å². The standard InChI is InChI=1S/C25H17ClN2O2S/c26-20-12-13-22-23(15-20)31-25(27-22)28(16-21-7-4-14-30-21)24(29)19-10-8-18(9-11-19)17-5-2-1-3-6-17/h1-15H,16H2. The minimum atomic E-state index is -0.138. The van der Waals surface area contributed by atoms with E-state index in [0.717, 1.165) is 21.3 Å². The van der Waals surface area contributed by atoms with Gasteiger partial charge < -0.3 is 4.42 Å². The number of anilines is 1. The van der Waals surface area contributed by atoms with Crippen molar-refractivity contribution in [1.29, 1.82) is 0 Å². The predicted octanol–water partition coefficient (Wildman–Crippen LogP) is 7.06. The first-order valence-corrected chi connectivity index (χ1v) is 10.9. The number of thiazole rings is 1. The van der Waals surface area contributed by atoms with Gasteiger partial charge >= 0.3 is 0 Å². The zero-order chi connectivity index (χ0) is 21.2. The van der Waals surface area contributed by atoms with Crippen molar-refractivity contribution in [2.75, 3.05) is 4.90 Å². The van der Waals surface area contributed by atoms with Crippen molar-refractivity contribution in [1.82, 2.24) is 4.98 Å². The first-order valence-electron chi connectivity index (χ1n) is 9.73. The van der Waals surface area contributed by atoms with Crippen molar-refractivity contribution >= 4 is 44.2 Å². The molecule has 0 radical (unpaired) electrons. The molecular formula is C25H17ClN2O2S. The molecule has 31 heavy (non-hydrogen) atoms. The van der Waals surface area contributed by atoms with Gasteiger partial charge in [-0.15, -0.1) is 0 Å². The Labute approximate surface area is 188 Å². The maximum atomic E-state index is 13.5. The molecule has 5 rings (SSSR count). The van der Waals surface area contributed by atoms with Crippen LogP contribution in [0.25, 0.3) is 21.3 Å². The van der Waals surface area contributed by atoms with Gasteiger partial charge in [0.05, 0.1) is 23.0 Å². The van der Waals surface area contributed by atoms with E-state index in [-0.39, 0.29) is 5.91 Å². The van der Waals surface area contributed by atoms with Crippen LogP contribution in [0.3, 0.4) is 0 Å². The van der Waals surface area contributed by atoms with E-state index in [1.165, 1.54) is 11.3 Å². The summed E-state index contributed by atoms with van der Waals surface area (Å²) in [5, 5.41) is 1.24. The summed E-state index contributed by atoms with van der Waals surface area (Å²) in [5.41, 5.74) is 3.56. The van der Waals surface area contributed by atoms with Crippen LogP contribution in [0.5, 0.6) is 0 Å². The number of amides is 1. The highest BCUT2D eigenvalue weighted by Crippen LogP contribution is 2.32. The molecule has 0 atom stereocenters. The molecule has 0 aliphatic carbocycles. The topological polar surface area (TPSA) is 46.3 Å². The molecule has 6 heteroatoms. The lowest BCUT2D eigenvalue weighted by Crippen LogP contribution is -2.30. The average molecular weight is 445 g/mol. The van der Waals surface area contributed by atoms with Crippen molar-refractivity contribution in [2.24, 2.45) is 0 Å². The summed E-state index contributed by atoms with van der Waals surface area (Å²) in [6.45, 7) is 0.291. The smallest absolute Gasteiger partial charge is 0.260 e. The fourth-order valence-electron chi connectivity index (χ4n) is 3.38. The van der Waals surface area contributed by atoms with Crippen LogP contribution in [0.2, 0.25) is 5.02 Å². The number of aromatic nitrogens is 1. The number of halogens is 1. The van der Waals surface area contributed by atoms with Crippen LogP contribution in [0, 0.1) is 0 Å². The van der Waals surface area contributed by atoms with Crippen molar-refractivity contribution in [3.63, 3.8) is 0 Å². The summed E-state index contributed by atoms with van der Waals surface area (Å²) in [5.74, 6) is 0.549. The molecule has 0 N–H and O–H groups in total. The molecule has 2 heterocycles. The van der Waals surface area contributed by atoms with E-state index in [2.05, 4.69) is 4.98 Å². The number of hydrogen-bond donors (Lipinski definition) is 0. The fourth-order valence-corrected chi connectivity index (χ4v) is 4.62. The minimum absolute atomic E-state index is 0.138. The van der Waals surface area contributed by atoms with Gasteiger partial charge in [0, 0.05) is 10.6 Å². The van der Waals surface area contributed by atoms with Gasteiger partial charge in [-0.2, -0.15) is 0 Å². The van der Waals surface area contributed by atoms with Crippen molar-refractivity contribution in [2.45, 2.75) is 6.54 Å². The second kappa shape index (κ2) is 8.38. The van der Waals surface area contributed by atoms with Crippen LogP contribution in [0.1, 0.15) is 16.1 Å². The summed E-state index contributed by atoms with van der Waals surface area (Å²) in [6.07, 6.45) is 1.60. The fraction of sp³-hybridized carbons (Fsp3) is 0.0400. The zero-order valence-corrected chi connectivity index (χ0v) is 17.9. The quantitative estimate of drug-likeness (QED) is 0.291. The lowest BCUT2D eigenvalue weighted by atomic mass is 10.0. The molecule has 3 aromatic carbocycles. The van der Waals surface area contributed by atoms with E-state index < -0.39 is 0 Å². The van der Waals surface area contributed by atoms with Gasteiger partial charge in [0.15, 0.2) is 5.13 Å². The summed E-state index contributed by atoms with van der Waals surface area (Å²) in [7, 11) is 0. The van der Waals surface area contributed by atoms with E-state index in [4.69, 9.17) is 16.0 Å². The molecule has 0 spiro atoms. The number of rotatable bonds is 5. The molecule has 0 aliphatic heterocycles. The third kappa shape index (κ3) is 4.10. The highest BCUT2D eigenvalue weighted by Gasteiger charge is 2.23. The lowest BCUT2D eigenvalue weighted by Gasteiger charge is -2.19. The van der Waals surface area contributed by atoms with E-state index in [1.54, 1.807) is 17.2 Å². The Kier molecular flexibility index (Phi) is 5.28. The Morgan fingerprint density at radius 2 is 1.71 bits per heavy atom. The molecule has 0 saturated heterocycles. The van der Waals surface area contributed by atoms with Gasteiger partial charge in [-0.3, -0.25) is 9.69 Å². The van der Waals surface area contributed by atoms with E-state index in [9.17, 15) is 4.79 Å². The van der Waals surface area contributed by atoms with E-state index in [0.29, 0.717) is 28.0 Å². The molecule has 152 valence electrons. The van der Waals surface area contributed by atoms with Gasteiger partial charge in [-0.05, 0) is 53.6 Å². The second-order valence-corrected chi connectivity index (χ2v) is 8.47. The first-order chi connectivity index (χ1) is 15.2. The molecule has 5 aromatic rings. The summed E-state index contributed by atoms with van der Waals surface area (Å²) in [4.78, 5) is 19.8. The van der Waals surface area contributed by atoms with Gasteiger partial charge in [-0.1, -0.05) is 65.4 Å². The van der Waals surface area contributed by atoms with Crippen molar-refractivity contribution in [3.05, 3.63) is 108 Å². The second-order valence-electron chi connectivity index (χ2n) is 7.02. The zero-order valence-electron chi connectivity index (χ0n) is 16.4. The SMILES string of the molecule is O=C(c1ccc(-c2ccccc2)cc1)N(Cc1ccco1)c1nc2ccc(Cl)cc2s1. The largest absolute Gasteiger partial charge is 0.467 e. The van der Waals surface area contributed by atoms with Crippen LogP contribution < -0.4 is 4.90 Å². The minimum Gasteiger partial charge on any atom is -0.467 e. The average Bonchev–Trinajstić information content (AvgIpc) is 3.47. The highest BCUT2D eigenvalue weighted by molar-refractivity contribution is 7.22. The number of furan rings is 1.